The molecule has 2 nitrogen and oxygen atoms in total. The zero-order valence-corrected chi connectivity index (χ0v) is 19.2. The first-order chi connectivity index (χ1) is 14.7. The van der Waals surface area contributed by atoms with Crippen LogP contribution in [0.2, 0.25) is 0 Å². The molecule has 3 aromatic carbocycles. The monoisotopic (exact) mass is 583 g/mol. The fraction of sp³-hybridized carbons (Fsp3) is 0.0370. The molecular weight excluding hydrogens is 564 g/mol. The molecule has 0 aliphatic rings. The number of rotatable bonds is 2. The van der Waals surface area contributed by atoms with Gasteiger partial charge in [0, 0.05) is 38.3 Å². The second-order valence-corrected chi connectivity index (χ2v) is 6.75. The molecule has 2 aromatic heterocycles. The Balaban J connectivity index is 0.000000183. The van der Waals surface area contributed by atoms with Crippen LogP contribution < -0.4 is 0 Å². The number of hydrogen-bond donors (Lipinski definition) is 0. The third-order valence-electron chi connectivity index (χ3n) is 4.67. The van der Waals surface area contributed by atoms with E-state index in [1.807, 2.05) is 72.8 Å². The van der Waals surface area contributed by atoms with Crippen LogP contribution >= 0.6 is 0 Å². The van der Waals surface area contributed by atoms with Gasteiger partial charge in [-0.15, -0.1) is 59.7 Å². The maximum absolute atomic E-state index is 13.3. The van der Waals surface area contributed by atoms with Gasteiger partial charge >= 0.3 is 0 Å². The number of fused-ring (bicyclic) bond motifs is 1. The van der Waals surface area contributed by atoms with Gasteiger partial charge in [-0.1, -0.05) is 48.9 Å². The van der Waals surface area contributed by atoms with Crippen molar-refractivity contribution in [1.29, 1.82) is 0 Å². The summed E-state index contributed by atoms with van der Waals surface area (Å²) in [7, 11) is 0. The standard InChI is InChI=1S/C16H11FN.C11H8N.Ir/c1-11-10-13(6-7-15(11)17)16-14-5-3-2-4-12(14)8-9-18-16;1-2-6-10(7-3-1)11-8-4-5-9-12-11;/h2-5,7-10H,1H3;1-6,8-9H;/q2*-1;. The van der Waals surface area contributed by atoms with E-state index >= 15 is 0 Å². The Kier molecular flexibility index (Phi) is 7.77. The molecule has 31 heavy (non-hydrogen) atoms. The van der Waals surface area contributed by atoms with Crippen molar-refractivity contribution in [3.8, 4) is 22.5 Å². The van der Waals surface area contributed by atoms with Crippen molar-refractivity contribution in [2.75, 3.05) is 0 Å². The number of aromatic nitrogens is 2. The average molecular weight is 583 g/mol. The van der Waals surface area contributed by atoms with Crippen LogP contribution in [0.5, 0.6) is 0 Å². The average Bonchev–Trinajstić information content (AvgIpc) is 2.82. The third kappa shape index (κ3) is 5.49. The molecule has 0 spiro atoms. The van der Waals surface area contributed by atoms with Gasteiger partial charge in [-0.25, -0.2) is 0 Å². The fourth-order valence-corrected chi connectivity index (χ4v) is 3.13. The number of benzene rings is 3. The summed E-state index contributed by atoms with van der Waals surface area (Å²) in [6.45, 7) is 1.75. The molecule has 0 saturated heterocycles. The molecule has 0 bridgehead atoms. The van der Waals surface area contributed by atoms with Gasteiger partial charge in [0.15, 0.2) is 0 Å². The number of pyridine rings is 2. The molecule has 0 unspecified atom stereocenters. The molecule has 0 N–H and O–H groups in total. The molecule has 5 rings (SSSR count). The summed E-state index contributed by atoms with van der Waals surface area (Å²) in [4.78, 5) is 8.61. The molecule has 2 heterocycles. The maximum Gasteiger partial charge on any atom is 0.0408 e. The van der Waals surface area contributed by atoms with Crippen molar-refractivity contribution in [2.45, 2.75) is 6.92 Å². The smallest absolute Gasteiger partial charge is 0.0408 e. The third-order valence-corrected chi connectivity index (χ3v) is 4.67. The van der Waals surface area contributed by atoms with Gasteiger partial charge in [0.2, 0.25) is 0 Å². The number of halogens is 1. The Morgan fingerprint density at radius 1 is 0.774 bits per heavy atom. The first-order valence-corrected chi connectivity index (χ1v) is 9.62. The Morgan fingerprint density at radius 3 is 2.32 bits per heavy atom. The van der Waals surface area contributed by atoms with Crippen LogP contribution in [0.25, 0.3) is 33.3 Å². The molecule has 1 radical (unpaired) electrons. The molecule has 0 atom stereocenters. The Labute approximate surface area is 195 Å². The van der Waals surface area contributed by atoms with E-state index in [1.165, 1.54) is 6.07 Å². The Bertz CT molecular complexity index is 1220. The van der Waals surface area contributed by atoms with Crippen LogP contribution in [0, 0.1) is 24.9 Å². The zero-order valence-electron chi connectivity index (χ0n) is 16.8. The van der Waals surface area contributed by atoms with Gasteiger partial charge in [0.25, 0.3) is 0 Å². The van der Waals surface area contributed by atoms with E-state index in [1.54, 1.807) is 25.4 Å². The van der Waals surface area contributed by atoms with E-state index in [9.17, 15) is 4.39 Å². The van der Waals surface area contributed by atoms with E-state index in [0.717, 1.165) is 33.3 Å². The summed E-state index contributed by atoms with van der Waals surface area (Å²) in [6.07, 6.45) is 3.56. The fourth-order valence-electron chi connectivity index (χ4n) is 3.13. The van der Waals surface area contributed by atoms with Crippen molar-refractivity contribution < 1.29 is 24.5 Å². The van der Waals surface area contributed by atoms with E-state index in [-0.39, 0.29) is 25.9 Å². The maximum atomic E-state index is 13.3. The van der Waals surface area contributed by atoms with Crippen LogP contribution in [-0.2, 0) is 20.1 Å². The van der Waals surface area contributed by atoms with E-state index in [2.05, 4.69) is 22.1 Å². The van der Waals surface area contributed by atoms with Gasteiger partial charge in [-0.05, 0) is 34.3 Å². The second-order valence-electron chi connectivity index (χ2n) is 6.75. The SMILES string of the molecule is Cc1cc(-c2nccc3ccccc23)[c-]cc1F.[Ir].[c-]1ccccc1-c1ccccn1. The first-order valence-electron chi connectivity index (χ1n) is 9.62. The van der Waals surface area contributed by atoms with Gasteiger partial charge in [-0.2, -0.15) is 0 Å². The van der Waals surface area contributed by atoms with Gasteiger partial charge in [0.05, 0.1) is 0 Å². The predicted octanol–water partition coefficient (Wildman–Crippen LogP) is 6.70. The van der Waals surface area contributed by atoms with Gasteiger partial charge in [-0.3, -0.25) is 4.39 Å². The predicted molar refractivity (Wildman–Crippen MR) is 119 cm³/mol. The summed E-state index contributed by atoms with van der Waals surface area (Å²) in [5.41, 5.74) is 4.29. The van der Waals surface area contributed by atoms with E-state index < -0.39 is 0 Å². The topological polar surface area (TPSA) is 25.8 Å². The molecule has 4 heteroatoms. The molecule has 0 aliphatic heterocycles. The normalized spacial score (nSPS) is 10.0. The number of aryl methyl sites for hydroxylation is 1. The summed E-state index contributed by atoms with van der Waals surface area (Å²) in [5, 5.41) is 2.18. The number of hydrogen-bond acceptors (Lipinski definition) is 2. The van der Waals surface area contributed by atoms with Crippen LogP contribution in [0.3, 0.4) is 0 Å². The van der Waals surface area contributed by atoms with Crippen molar-refractivity contribution >= 4 is 10.8 Å². The molecule has 0 fully saturated rings. The van der Waals surface area contributed by atoms with Crippen molar-refractivity contribution in [1.82, 2.24) is 9.97 Å². The van der Waals surface area contributed by atoms with Crippen LogP contribution in [0.4, 0.5) is 4.39 Å². The Hall–Kier alpha value is -3.20. The van der Waals surface area contributed by atoms with Crippen LogP contribution in [0.15, 0.2) is 97.3 Å². The van der Waals surface area contributed by atoms with E-state index in [0.29, 0.717) is 5.56 Å². The molecule has 0 amide bonds. The van der Waals surface area contributed by atoms with Crippen molar-refractivity contribution in [2.24, 2.45) is 0 Å². The summed E-state index contributed by atoms with van der Waals surface area (Å²) >= 11 is 0. The molecule has 0 aliphatic carbocycles. The summed E-state index contributed by atoms with van der Waals surface area (Å²) < 4.78 is 13.3. The van der Waals surface area contributed by atoms with E-state index in [4.69, 9.17) is 0 Å². The van der Waals surface area contributed by atoms with Crippen molar-refractivity contribution in [3.63, 3.8) is 0 Å². The molecule has 5 aromatic rings. The minimum absolute atomic E-state index is 0. The summed E-state index contributed by atoms with van der Waals surface area (Å²) in [5.74, 6) is -0.237. The van der Waals surface area contributed by atoms with Gasteiger partial charge < -0.3 is 9.97 Å². The van der Waals surface area contributed by atoms with Crippen molar-refractivity contribution in [3.05, 3.63) is 121 Å². The number of nitrogens with zero attached hydrogens (tertiary/aromatic N) is 2. The molecule has 155 valence electrons. The largest absolute Gasteiger partial charge is 0.305 e. The zero-order chi connectivity index (χ0) is 20.8. The molecule has 0 saturated carbocycles. The minimum atomic E-state index is -0.237. The summed E-state index contributed by atoms with van der Waals surface area (Å²) in [6, 6.07) is 32.9. The first kappa shape index (κ1) is 22.5. The van der Waals surface area contributed by atoms with Gasteiger partial charge in [0.1, 0.15) is 0 Å². The minimum Gasteiger partial charge on any atom is -0.305 e. The second kappa shape index (κ2) is 10.7. The van der Waals surface area contributed by atoms with Crippen LogP contribution in [-0.4, -0.2) is 9.97 Å². The Morgan fingerprint density at radius 2 is 1.58 bits per heavy atom. The quantitative estimate of drug-likeness (QED) is 0.217. The molecular formula is C27H19FIrN2-2. The van der Waals surface area contributed by atoms with Crippen LogP contribution in [0.1, 0.15) is 5.56 Å².